The fraction of sp³-hybridized carbons (Fsp3) is 0.889. The Morgan fingerprint density at radius 2 is 1.69 bits per heavy atom. The number of hydrogen-bond donors (Lipinski definition) is 0. The quantitative estimate of drug-likeness (QED) is 0.804. The number of fused-ring (bicyclic) bond motifs is 1. The summed E-state index contributed by atoms with van der Waals surface area (Å²) in [6.07, 6.45) is 11.6. The standard InChI is InChI=1S/C18H31N5O2S/c1-21(15-9-4-2-5-10-15)26(24,25)23-14-8-11-16(23)18-20-19-17-12-6-3-7-13-22(17)18/h15-16H,2-14H2,1H3/t16-/m0/s1. The largest absolute Gasteiger partial charge is 0.314 e. The smallest absolute Gasteiger partial charge is 0.282 e. The molecule has 0 N–H and O–H groups in total. The third kappa shape index (κ3) is 3.31. The monoisotopic (exact) mass is 381 g/mol. The maximum absolute atomic E-state index is 13.4. The Labute approximate surface area is 156 Å². The van der Waals surface area contributed by atoms with Crippen LogP contribution in [0.25, 0.3) is 0 Å². The van der Waals surface area contributed by atoms with E-state index in [-0.39, 0.29) is 12.1 Å². The fourth-order valence-electron chi connectivity index (χ4n) is 4.83. The molecule has 3 aliphatic rings. The topological polar surface area (TPSA) is 71.3 Å². The van der Waals surface area contributed by atoms with Gasteiger partial charge in [0.2, 0.25) is 0 Å². The summed E-state index contributed by atoms with van der Waals surface area (Å²) in [5.74, 6) is 1.89. The second-order valence-electron chi connectivity index (χ2n) is 8.02. The number of rotatable bonds is 4. The van der Waals surface area contributed by atoms with Crippen molar-refractivity contribution in [1.82, 2.24) is 23.4 Å². The van der Waals surface area contributed by atoms with Crippen molar-refractivity contribution in [2.45, 2.75) is 89.3 Å². The van der Waals surface area contributed by atoms with E-state index in [0.29, 0.717) is 6.54 Å². The molecule has 1 aliphatic carbocycles. The zero-order valence-corrected chi connectivity index (χ0v) is 16.6. The van der Waals surface area contributed by atoms with Gasteiger partial charge in [-0.15, -0.1) is 10.2 Å². The first-order valence-electron chi connectivity index (χ1n) is 10.3. The SMILES string of the molecule is CN(C1CCCCC1)S(=O)(=O)N1CCC[C@H]1c1nnc2n1CCCCC2. The van der Waals surface area contributed by atoms with Crippen LogP contribution < -0.4 is 0 Å². The molecule has 0 spiro atoms. The molecule has 8 heteroatoms. The first-order valence-corrected chi connectivity index (χ1v) is 11.7. The van der Waals surface area contributed by atoms with Crippen molar-refractivity contribution in [3.63, 3.8) is 0 Å². The highest BCUT2D eigenvalue weighted by molar-refractivity contribution is 7.86. The van der Waals surface area contributed by atoms with E-state index in [1.807, 2.05) is 0 Å². The molecule has 3 heterocycles. The lowest BCUT2D eigenvalue weighted by molar-refractivity contribution is 0.256. The molecule has 1 aromatic heterocycles. The van der Waals surface area contributed by atoms with Crippen LogP contribution in [0.4, 0.5) is 0 Å². The third-order valence-corrected chi connectivity index (χ3v) is 8.44. The first kappa shape index (κ1) is 18.4. The molecule has 1 saturated heterocycles. The summed E-state index contributed by atoms with van der Waals surface area (Å²) in [7, 11) is -1.69. The van der Waals surface area contributed by atoms with Gasteiger partial charge in [0.25, 0.3) is 10.2 Å². The molecule has 2 aliphatic heterocycles. The van der Waals surface area contributed by atoms with Gasteiger partial charge in [0.05, 0.1) is 6.04 Å². The molecule has 0 bridgehead atoms. The van der Waals surface area contributed by atoms with Gasteiger partial charge in [-0.3, -0.25) is 0 Å². The van der Waals surface area contributed by atoms with E-state index in [0.717, 1.165) is 76.0 Å². The minimum Gasteiger partial charge on any atom is -0.314 e. The molecular formula is C18H31N5O2S. The van der Waals surface area contributed by atoms with Crippen molar-refractivity contribution in [3.8, 4) is 0 Å². The summed E-state index contributed by atoms with van der Waals surface area (Å²) < 4.78 is 32.3. The van der Waals surface area contributed by atoms with Crippen molar-refractivity contribution in [3.05, 3.63) is 11.6 Å². The van der Waals surface area contributed by atoms with Gasteiger partial charge in [-0.1, -0.05) is 25.7 Å². The summed E-state index contributed by atoms with van der Waals surface area (Å²) >= 11 is 0. The van der Waals surface area contributed by atoms with E-state index in [2.05, 4.69) is 14.8 Å². The highest BCUT2D eigenvalue weighted by Gasteiger charge is 2.42. The minimum absolute atomic E-state index is 0.144. The van der Waals surface area contributed by atoms with Gasteiger partial charge in [0, 0.05) is 32.6 Å². The molecular weight excluding hydrogens is 350 g/mol. The summed E-state index contributed by atoms with van der Waals surface area (Å²) in [5.41, 5.74) is 0. The normalized spacial score (nSPS) is 26.2. The van der Waals surface area contributed by atoms with Crippen molar-refractivity contribution in [1.29, 1.82) is 0 Å². The van der Waals surface area contributed by atoms with E-state index in [1.54, 1.807) is 15.7 Å². The van der Waals surface area contributed by atoms with E-state index in [9.17, 15) is 8.42 Å². The van der Waals surface area contributed by atoms with E-state index >= 15 is 0 Å². The van der Waals surface area contributed by atoms with E-state index in [1.165, 1.54) is 12.8 Å². The molecule has 1 saturated carbocycles. The minimum atomic E-state index is -3.46. The van der Waals surface area contributed by atoms with Crippen LogP contribution in [0.5, 0.6) is 0 Å². The van der Waals surface area contributed by atoms with Gasteiger partial charge in [0.15, 0.2) is 5.82 Å². The zero-order valence-electron chi connectivity index (χ0n) is 15.8. The average Bonchev–Trinajstić information content (AvgIpc) is 3.23. The van der Waals surface area contributed by atoms with Crippen LogP contribution in [-0.2, 0) is 23.2 Å². The molecule has 26 heavy (non-hydrogen) atoms. The van der Waals surface area contributed by atoms with Crippen LogP contribution >= 0.6 is 0 Å². The molecule has 0 unspecified atom stereocenters. The predicted molar refractivity (Wildman–Crippen MR) is 99.8 cm³/mol. The summed E-state index contributed by atoms with van der Waals surface area (Å²) in [6.45, 7) is 1.51. The predicted octanol–water partition coefficient (Wildman–Crippen LogP) is 2.65. The Bertz CT molecular complexity index is 726. The Hall–Kier alpha value is -0.990. The Kier molecular flexibility index (Phi) is 5.34. The summed E-state index contributed by atoms with van der Waals surface area (Å²) in [6, 6.07) is -0.0177. The maximum Gasteiger partial charge on any atom is 0.282 e. The molecule has 2 fully saturated rings. The van der Waals surface area contributed by atoms with Crippen molar-refractivity contribution >= 4 is 10.2 Å². The van der Waals surface area contributed by atoms with E-state index in [4.69, 9.17) is 0 Å². The van der Waals surface area contributed by atoms with Crippen LogP contribution in [0.15, 0.2) is 0 Å². The van der Waals surface area contributed by atoms with Crippen LogP contribution in [0.1, 0.15) is 81.9 Å². The Morgan fingerprint density at radius 1 is 0.923 bits per heavy atom. The van der Waals surface area contributed by atoms with Crippen molar-refractivity contribution < 1.29 is 8.42 Å². The lowest BCUT2D eigenvalue weighted by Gasteiger charge is -2.35. The van der Waals surface area contributed by atoms with Gasteiger partial charge in [-0.25, -0.2) is 0 Å². The third-order valence-electron chi connectivity index (χ3n) is 6.39. The van der Waals surface area contributed by atoms with Crippen LogP contribution in [0.2, 0.25) is 0 Å². The van der Waals surface area contributed by atoms with Crippen LogP contribution in [0.3, 0.4) is 0 Å². The van der Waals surface area contributed by atoms with E-state index < -0.39 is 10.2 Å². The second-order valence-corrected chi connectivity index (χ2v) is 9.96. The number of aromatic nitrogens is 3. The molecule has 0 amide bonds. The highest BCUT2D eigenvalue weighted by atomic mass is 32.2. The molecule has 146 valence electrons. The molecule has 7 nitrogen and oxygen atoms in total. The maximum atomic E-state index is 13.4. The number of hydrogen-bond acceptors (Lipinski definition) is 4. The molecule has 0 aromatic carbocycles. The Balaban J connectivity index is 1.59. The molecule has 0 radical (unpaired) electrons. The lowest BCUT2D eigenvalue weighted by Crippen LogP contribution is -2.47. The number of aryl methyl sites for hydroxylation is 1. The highest BCUT2D eigenvalue weighted by Crippen LogP contribution is 2.36. The molecule has 1 aromatic rings. The van der Waals surface area contributed by atoms with Gasteiger partial charge >= 0.3 is 0 Å². The van der Waals surface area contributed by atoms with Crippen LogP contribution in [0, 0.1) is 0 Å². The number of nitrogens with zero attached hydrogens (tertiary/aromatic N) is 5. The molecule has 4 rings (SSSR count). The lowest BCUT2D eigenvalue weighted by atomic mass is 9.96. The Morgan fingerprint density at radius 3 is 2.50 bits per heavy atom. The van der Waals surface area contributed by atoms with Gasteiger partial charge < -0.3 is 4.57 Å². The van der Waals surface area contributed by atoms with Gasteiger partial charge in [0.1, 0.15) is 5.82 Å². The summed E-state index contributed by atoms with van der Waals surface area (Å²) in [4.78, 5) is 0. The average molecular weight is 382 g/mol. The van der Waals surface area contributed by atoms with Crippen molar-refractivity contribution in [2.75, 3.05) is 13.6 Å². The first-order chi connectivity index (χ1) is 12.6. The fourth-order valence-corrected chi connectivity index (χ4v) is 6.63. The molecule has 1 atom stereocenters. The second kappa shape index (κ2) is 7.56. The van der Waals surface area contributed by atoms with Gasteiger partial charge in [-0.05, 0) is 38.5 Å². The van der Waals surface area contributed by atoms with Crippen molar-refractivity contribution in [2.24, 2.45) is 0 Å². The zero-order chi connectivity index (χ0) is 18.1. The van der Waals surface area contributed by atoms with Crippen LogP contribution in [-0.4, -0.2) is 51.4 Å². The van der Waals surface area contributed by atoms with Gasteiger partial charge in [-0.2, -0.15) is 17.0 Å². The summed E-state index contributed by atoms with van der Waals surface area (Å²) in [5, 5.41) is 8.84.